The summed E-state index contributed by atoms with van der Waals surface area (Å²) in [7, 11) is 0. The molecule has 28 heavy (non-hydrogen) atoms. The van der Waals surface area contributed by atoms with Crippen molar-refractivity contribution >= 4 is 22.8 Å². The van der Waals surface area contributed by atoms with Crippen LogP contribution < -0.4 is 0 Å². The molecule has 0 aliphatic rings. The minimum absolute atomic E-state index is 0.0869. The van der Waals surface area contributed by atoms with Gasteiger partial charge in [0, 0.05) is 6.42 Å². The molecular formula is C24H26O3S. The molecule has 3 nitrogen and oxygen atoms in total. The first-order valence-corrected chi connectivity index (χ1v) is 10.0. The Balaban J connectivity index is 2.12. The van der Waals surface area contributed by atoms with Crippen molar-refractivity contribution in [3.63, 3.8) is 0 Å². The molecule has 2 aromatic carbocycles. The maximum Gasteiger partial charge on any atom is 0.326 e. The van der Waals surface area contributed by atoms with E-state index in [4.69, 9.17) is 4.74 Å². The number of rotatable bonds is 8. The monoisotopic (exact) mass is 394 g/mol. The van der Waals surface area contributed by atoms with Gasteiger partial charge in [0.15, 0.2) is 5.12 Å². The van der Waals surface area contributed by atoms with Crippen LogP contribution >= 0.6 is 11.8 Å². The van der Waals surface area contributed by atoms with Gasteiger partial charge in [-0.3, -0.25) is 9.59 Å². The number of esters is 1. The lowest BCUT2D eigenvalue weighted by Gasteiger charge is -2.23. The van der Waals surface area contributed by atoms with Crippen molar-refractivity contribution in [2.45, 2.75) is 31.9 Å². The van der Waals surface area contributed by atoms with E-state index in [2.05, 4.69) is 18.7 Å². The summed E-state index contributed by atoms with van der Waals surface area (Å²) in [6, 6.07) is 18.0. The quantitative estimate of drug-likeness (QED) is 0.431. The molecule has 2 rings (SSSR count). The molecule has 0 fully saturated rings. The van der Waals surface area contributed by atoms with Gasteiger partial charge in [-0.05, 0) is 37.5 Å². The predicted molar refractivity (Wildman–Crippen MR) is 117 cm³/mol. The van der Waals surface area contributed by atoms with E-state index in [9.17, 15) is 9.59 Å². The normalized spacial score (nSPS) is 13.5. The molecule has 0 bridgehead atoms. The Morgan fingerprint density at radius 3 is 2.25 bits per heavy atom. The van der Waals surface area contributed by atoms with E-state index in [1.54, 1.807) is 26.0 Å². The van der Waals surface area contributed by atoms with Crippen LogP contribution in [0.15, 0.2) is 78.9 Å². The molecule has 0 aliphatic carbocycles. The SMILES string of the molecule is C=C/C(C)=C/[C@@](C)(SC(=O)Cc1ccc(-c2ccccc2)cc1)C(=O)OCC. The van der Waals surface area contributed by atoms with Crippen LogP contribution in [-0.2, 0) is 20.7 Å². The highest BCUT2D eigenvalue weighted by Crippen LogP contribution is 2.32. The van der Waals surface area contributed by atoms with E-state index in [-0.39, 0.29) is 18.1 Å². The van der Waals surface area contributed by atoms with E-state index >= 15 is 0 Å². The third kappa shape index (κ3) is 5.96. The molecule has 0 heterocycles. The largest absolute Gasteiger partial charge is 0.465 e. The standard InChI is InChI=1S/C24H26O3S/c1-5-18(3)17-24(4,23(26)27-6-2)28-22(25)16-19-12-14-21(15-13-19)20-10-8-7-9-11-20/h5,7-15,17H,1,6,16H2,2-4H3/b18-17+/t24-/m1/s1. The van der Waals surface area contributed by atoms with Gasteiger partial charge in [-0.25, -0.2) is 0 Å². The molecule has 146 valence electrons. The van der Waals surface area contributed by atoms with E-state index in [1.807, 2.05) is 49.4 Å². The first-order valence-electron chi connectivity index (χ1n) is 9.23. The van der Waals surface area contributed by atoms with Gasteiger partial charge >= 0.3 is 5.97 Å². The second-order valence-corrected chi connectivity index (χ2v) is 8.14. The molecule has 2 aromatic rings. The summed E-state index contributed by atoms with van der Waals surface area (Å²) < 4.78 is 4.10. The van der Waals surface area contributed by atoms with Crippen LogP contribution in [0.25, 0.3) is 11.1 Å². The van der Waals surface area contributed by atoms with Crippen LogP contribution in [0.2, 0.25) is 0 Å². The van der Waals surface area contributed by atoms with Gasteiger partial charge in [0.1, 0.15) is 4.75 Å². The molecule has 0 aromatic heterocycles. The van der Waals surface area contributed by atoms with E-state index in [0.29, 0.717) is 0 Å². The fraction of sp³-hybridized carbons (Fsp3) is 0.250. The number of ether oxygens (including phenoxy) is 1. The van der Waals surface area contributed by atoms with E-state index < -0.39 is 10.7 Å². The summed E-state index contributed by atoms with van der Waals surface area (Å²) in [6.45, 7) is 9.29. The lowest BCUT2D eigenvalue weighted by molar-refractivity contribution is -0.144. The second-order valence-electron chi connectivity index (χ2n) is 6.63. The highest BCUT2D eigenvalue weighted by atomic mass is 32.2. The van der Waals surface area contributed by atoms with Crippen LogP contribution in [0, 0.1) is 0 Å². The third-order valence-electron chi connectivity index (χ3n) is 4.24. The van der Waals surface area contributed by atoms with Crippen molar-refractivity contribution < 1.29 is 14.3 Å². The van der Waals surface area contributed by atoms with E-state index in [0.717, 1.165) is 34.0 Å². The number of thioether (sulfide) groups is 1. The topological polar surface area (TPSA) is 43.4 Å². The average molecular weight is 395 g/mol. The summed E-state index contributed by atoms with van der Waals surface area (Å²) in [5, 5.41) is -0.0869. The predicted octanol–water partition coefficient (Wildman–Crippen LogP) is 5.61. The highest BCUT2D eigenvalue weighted by molar-refractivity contribution is 8.15. The fourth-order valence-corrected chi connectivity index (χ4v) is 3.88. The smallest absolute Gasteiger partial charge is 0.326 e. The zero-order valence-corrected chi connectivity index (χ0v) is 17.4. The Hall–Kier alpha value is -2.59. The van der Waals surface area contributed by atoms with Crippen LogP contribution in [-0.4, -0.2) is 22.4 Å². The summed E-state index contributed by atoms with van der Waals surface area (Å²) in [4.78, 5) is 25.1. The Labute approximate surface area is 171 Å². The van der Waals surface area contributed by atoms with Gasteiger partial charge in [0.2, 0.25) is 0 Å². The summed E-state index contributed by atoms with van der Waals surface area (Å²) >= 11 is 0.997. The molecule has 0 unspecified atom stereocenters. The molecule has 0 amide bonds. The highest BCUT2D eigenvalue weighted by Gasteiger charge is 2.36. The number of hydrogen-bond donors (Lipinski definition) is 0. The molecule has 0 saturated heterocycles. The zero-order valence-electron chi connectivity index (χ0n) is 16.6. The Morgan fingerprint density at radius 2 is 1.68 bits per heavy atom. The van der Waals surface area contributed by atoms with Crippen molar-refractivity contribution in [1.82, 2.24) is 0 Å². The minimum Gasteiger partial charge on any atom is -0.465 e. The number of carbonyl (C=O) groups excluding carboxylic acids is 2. The van der Waals surface area contributed by atoms with Gasteiger partial charge in [-0.1, -0.05) is 90.7 Å². The summed E-state index contributed by atoms with van der Waals surface area (Å²) in [6.07, 6.45) is 3.64. The molecule has 0 N–H and O–H groups in total. The van der Waals surface area contributed by atoms with Crippen molar-refractivity contribution in [2.75, 3.05) is 6.61 Å². The fourth-order valence-electron chi connectivity index (χ4n) is 2.78. The number of hydrogen-bond acceptors (Lipinski definition) is 4. The first-order chi connectivity index (χ1) is 13.4. The van der Waals surface area contributed by atoms with Gasteiger partial charge < -0.3 is 4.74 Å². The molecule has 1 atom stereocenters. The Kier molecular flexibility index (Phi) is 7.82. The van der Waals surface area contributed by atoms with Crippen molar-refractivity contribution in [1.29, 1.82) is 0 Å². The van der Waals surface area contributed by atoms with Crippen LogP contribution in [0.3, 0.4) is 0 Å². The van der Waals surface area contributed by atoms with Gasteiger partial charge in [0.05, 0.1) is 6.61 Å². The summed E-state index contributed by atoms with van der Waals surface area (Å²) in [5.41, 5.74) is 3.97. The lowest BCUT2D eigenvalue weighted by Crippen LogP contribution is -2.33. The Morgan fingerprint density at radius 1 is 1.07 bits per heavy atom. The van der Waals surface area contributed by atoms with Crippen LogP contribution in [0.1, 0.15) is 26.3 Å². The van der Waals surface area contributed by atoms with Gasteiger partial charge in [0.25, 0.3) is 0 Å². The lowest BCUT2D eigenvalue weighted by atomic mass is 10.0. The number of benzene rings is 2. The molecular weight excluding hydrogens is 368 g/mol. The molecule has 4 heteroatoms. The molecule has 0 spiro atoms. The molecule has 0 aliphatic heterocycles. The molecule has 0 saturated carbocycles. The van der Waals surface area contributed by atoms with Crippen molar-refractivity contribution in [3.8, 4) is 11.1 Å². The van der Waals surface area contributed by atoms with Gasteiger partial charge in [-0.15, -0.1) is 0 Å². The third-order valence-corrected chi connectivity index (χ3v) is 5.32. The maximum atomic E-state index is 12.7. The second kappa shape index (κ2) is 10.1. The number of carbonyl (C=O) groups is 2. The van der Waals surface area contributed by atoms with Crippen molar-refractivity contribution in [3.05, 3.63) is 84.5 Å². The minimum atomic E-state index is -1.07. The molecule has 0 radical (unpaired) electrons. The Bertz CT molecular complexity index is 853. The van der Waals surface area contributed by atoms with E-state index in [1.165, 1.54) is 0 Å². The average Bonchev–Trinajstić information content (AvgIpc) is 2.69. The van der Waals surface area contributed by atoms with Crippen molar-refractivity contribution in [2.24, 2.45) is 0 Å². The van der Waals surface area contributed by atoms with Crippen LogP contribution in [0.4, 0.5) is 0 Å². The zero-order chi connectivity index (χ0) is 20.6. The maximum absolute atomic E-state index is 12.7. The van der Waals surface area contributed by atoms with Gasteiger partial charge in [-0.2, -0.15) is 0 Å². The summed E-state index contributed by atoms with van der Waals surface area (Å²) in [5.74, 6) is -0.422. The van der Waals surface area contributed by atoms with Crippen LogP contribution in [0.5, 0.6) is 0 Å². The number of allylic oxidation sites excluding steroid dienone is 2. The first kappa shape index (κ1) is 21.7.